The highest BCUT2D eigenvalue weighted by atomic mass is 32.2. The Labute approximate surface area is 109 Å². The fourth-order valence-corrected chi connectivity index (χ4v) is 2.24. The van der Waals surface area contributed by atoms with E-state index in [0.29, 0.717) is 11.6 Å². The van der Waals surface area contributed by atoms with Gasteiger partial charge in [0, 0.05) is 6.07 Å². The molecule has 0 aliphatic rings. The summed E-state index contributed by atoms with van der Waals surface area (Å²) in [5.74, 6) is -0.294. The molecule has 2 unspecified atom stereocenters. The first-order valence-electron chi connectivity index (χ1n) is 5.41. The normalized spacial score (nSPS) is 13.8. The van der Waals surface area contributed by atoms with Gasteiger partial charge >= 0.3 is 5.97 Å². The number of methoxy groups -OCH3 is 1. The molecule has 0 spiro atoms. The summed E-state index contributed by atoms with van der Waals surface area (Å²) in [5.41, 5.74) is 0.688. The van der Waals surface area contributed by atoms with Gasteiger partial charge in [0.25, 0.3) is 0 Å². The van der Waals surface area contributed by atoms with Crippen molar-refractivity contribution in [2.45, 2.75) is 31.3 Å². The first-order chi connectivity index (χ1) is 8.43. The molecule has 6 nitrogen and oxygen atoms in total. The van der Waals surface area contributed by atoms with Gasteiger partial charge in [-0.25, -0.2) is 0 Å². The standard InChI is InChI=1S/C11H16N2O4S/c1-6-5-9(17-13-6)12-10(14)7(2)18-8(3)11(15)16-4/h5,7-8H,1-4H3,(H,12,14). The van der Waals surface area contributed by atoms with Crippen LogP contribution in [0.2, 0.25) is 0 Å². The molecular weight excluding hydrogens is 256 g/mol. The van der Waals surface area contributed by atoms with Crippen molar-refractivity contribution in [3.8, 4) is 0 Å². The predicted octanol–water partition coefficient (Wildman–Crippen LogP) is 1.60. The SMILES string of the molecule is COC(=O)C(C)SC(C)C(=O)Nc1cc(C)no1. The number of nitrogens with zero attached hydrogens (tertiary/aromatic N) is 1. The van der Waals surface area contributed by atoms with E-state index in [2.05, 4.69) is 15.2 Å². The molecule has 0 bridgehead atoms. The number of carbonyl (C=O) groups is 2. The summed E-state index contributed by atoms with van der Waals surface area (Å²) in [6.07, 6.45) is 0. The molecular formula is C11H16N2O4S. The topological polar surface area (TPSA) is 81.4 Å². The Morgan fingerprint density at radius 3 is 2.61 bits per heavy atom. The van der Waals surface area contributed by atoms with E-state index in [0.717, 1.165) is 0 Å². The van der Waals surface area contributed by atoms with Gasteiger partial charge in [0.1, 0.15) is 5.25 Å². The molecule has 0 radical (unpaired) electrons. The number of anilines is 1. The molecule has 0 aliphatic carbocycles. The van der Waals surface area contributed by atoms with Crippen molar-refractivity contribution in [1.82, 2.24) is 5.16 Å². The number of ether oxygens (including phenoxy) is 1. The number of aryl methyl sites for hydroxylation is 1. The molecule has 1 rings (SSSR count). The van der Waals surface area contributed by atoms with Crippen LogP contribution in [0.4, 0.5) is 5.88 Å². The van der Waals surface area contributed by atoms with E-state index in [9.17, 15) is 9.59 Å². The van der Waals surface area contributed by atoms with E-state index < -0.39 is 10.5 Å². The van der Waals surface area contributed by atoms with E-state index in [4.69, 9.17) is 4.52 Å². The van der Waals surface area contributed by atoms with Gasteiger partial charge < -0.3 is 9.26 Å². The number of aromatic nitrogens is 1. The van der Waals surface area contributed by atoms with Gasteiger partial charge in [-0.2, -0.15) is 0 Å². The van der Waals surface area contributed by atoms with Crippen LogP contribution in [0.3, 0.4) is 0 Å². The summed E-state index contributed by atoms with van der Waals surface area (Å²) in [4.78, 5) is 23.0. The third-order valence-corrected chi connectivity index (χ3v) is 3.41. The Bertz CT molecular complexity index is 432. The Hall–Kier alpha value is -1.50. The van der Waals surface area contributed by atoms with E-state index in [1.807, 2.05) is 0 Å². The largest absolute Gasteiger partial charge is 0.468 e. The maximum Gasteiger partial charge on any atom is 0.318 e. The Balaban J connectivity index is 2.49. The van der Waals surface area contributed by atoms with Gasteiger partial charge in [-0.15, -0.1) is 11.8 Å². The number of amides is 1. The fraction of sp³-hybridized carbons (Fsp3) is 0.545. The summed E-state index contributed by atoms with van der Waals surface area (Å²) in [6.45, 7) is 5.16. The number of carbonyl (C=O) groups excluding carboxylic acids is 2. The molecule has 2 atom stereocenters. The second-order valence-corrected chi connectivity index (χ2v) is 5.45. The van der Waals surface area contributed by atoms with Crippen LogP contribution in [0.25, 0.3) is 0 Å². The number of nitrogens with one attached hydrogen (secondary N) is 1. The lowest BCUT2D eigenvalue weighted by atomic mass is 10.4. The molecule has 1 N–H and O–H groups in total. The zero-order valence-electron chi connectivity index (χ0n) is 10.7. The second kappa shape index (κ2) is 6.44. The number of rotatable bonds is 5. The summed E-state index contributed by atoms with van der Waals surface area (Å²) in [5, 5.41) is 5.45. The Kier molecular flexibility index (Phi) is 5.21. The summed E-state index contributed by atoms with van der Waals surface area (Å²) in [7, 11) is 1.32. The van der Waals surface area contributed by atoms with Crippen molar-refractivity contribution in [3.05, 3.63) is 11.8 Å². The smallest absolute Gasteiger partial charge is 0.318 e. The van der Waals surface area contributed by atoms with Gasteiger partial charge in [-0.3, -0.25) is 14.9 Å². The molecule has 1 amide bonds. The van der Waals surface area contributed by atoms with Gasteiger partial charge in [0.2, 0.25) is 11.8 Å². The Morgan fingerprint density at radius 2 is 2.11 bits per heavy atom. The third-order valence-electron chi connectivity index (χ3n) is 2.18. The lowest BCUT2D eigenvalue weighted by Gasteiger charge is -2.14. The lowest BCUT2D eigenvalue weighted by Crippen LogP contribution is -2.26. The molecule has 18 heavy (non-hydrogen) atoms. The van der Waals surface area contributed by atoms with Gasteiger partial charge in [-0.05, 0) is 20.8 Å². The van der Waals surface area contributed by atoms with Crippen LogP contribution >= 0.6 is 11.8 Å². The minimum atomic E-state index is -0.399. The quantitative estimate of drug-likeness (QED) is 0.820. The van der Waals surface area contributed by atoms with Crippen molar-refractivity contribution in [1.29, 1.82) is 0 Å². The van der Waals surface area contributed by atoms with E-state index in [1.165, 1.54) is 18.9 Å². The molecule has 7 heteroatoms. The molecule has 100 valence electrons. The van der Waals surface area contributed by atoms with Crippen LogP contribution < -0.4 is 5.32 Å². The van der Waals surface area contributed by atoms with Crippen molar-refractivity contribution in [2.75, 3.05) is 12.4 Å². The van der Waals surface area contributed by atoms with Gasteiger partial charge in [-0.1, -0.05) is 5.16 Å². The minimum Gasteiger partial charge on any atom is -0.468 e. The fourth-order valence-electron chi connectivity index (χ4n) is 1.24. The van der Waals surface area contributed by atoms with Gasteiger partial charge in [0.15, 0.2) is 0 Å². The van der Waals surface area contributed by atoms with Crippen molar-refractivity contribution in [3.63, 3.8) is 0 Å². The van der Waals surface area contributed by atoms with Crippen molar-refractivity contribution >= 4 is 29.5 Å². The average molecular weight is 272 g/mol. The minimum absolute atomic E-state index is 0.244. The third kappa shape index (κ3) is 4.06. The molecule has 1 aromatic rings. The van der Waals surface area contributed by atoms with Crippen LogP contribution in [0.5, 0.6) is 0 Å². The van der Waals surface area contributed by atoms with Crippen LogP contribution in [-0.4, -0.2) is 34.6 Å². The highest BCUT2D eigenvalue weighted by molar-refractivity contribution is 8.01. The Morgan fingerprint density at radius 1 is 1.44 bits per heavy atom. The van der Waals surface area contributed by atoms with E-state index >= 15 is 0 Å². The number of thioether (sulfide) groups is 1. The summed E-state index contributed by atoms with van der Waals surface area (Å²) in [6, 6.07) is 1.62. The van der Waals surface area contributed by atoms with Crippen LogP contribution in [0.1, 0.15) is 19.5 Å². The maximum absolute atomic E-state index is 11.8. The van der Waals surface area contributed by atoms with Crippen LogP contribution in [0.15, 0.2) is 10.6 Å². The molecule has 0 saturated heterocycles. The zero-order valence-corrected chi connectivity index (χ0v) is 11.5. The zero-order chi connectivity index (χ0) is 13.7. The first kappa shape index (κ1) is 14.6. The highest BCUT2D eigenvalue weighted by Gasteiger charge is 2.22. The van der Waals surface area contributed by atoms with E-state index in [-0.39, 0.29) is 11.9 Å². The molecule has 0 saturated carbocycles. The van der Waals surface area contributed by atoms with Crippen molar-refractivity contribution in [2.24, 2.45) is 0 Å². The average Bonchev–Trinajstić information content (AvgIpc) is 2.73. The molecule has 1 heterocycles. The molecule has 1 aromatic heterocycles. The van der Waals surface area contributed by atoms with E-state index in [1.54, 1.807) is 26.8 Å². The van der Waals surface area contributed by atoms with Crippen LogP contribution in [0, 0.1) is 6.92 Å². The molecule has 0 fully saturated rings. The predicted molar refractivity (Wildman–Crippen MR) is 68.4 cm³/mol. The first-order valence-corrected chi connectivity index (χ1v) is 6.35. The lowest BCUT2D eigenvalue weighted by molar-refractivity contribution is -0.139. The highest BCUT2D eigenvalue weighted by Crippen LogP contribution is 2.20. The number of hydrogen-bond acceptors (Lipinski definition) is 6. The number of hydrogen-bond donors (Lipinski definition) is 1. The van der Waals surface area contributed by atoms with Crippen LogP contribution in [-0.2, 0) is 14.3 Å². The maximum atomic E-state index is 11.8. The van der Waals surface area contributed by atoms with Crippen molar-refractivity contribution < 1.29 is 18.8 Å². The molecule has 0 aliphatic heterocycles. The summed E-state index contributed by atoms with van der Waals surface area (Å²) >= 11 is 1.22. The molecule has 0 aromatic carbocycles. The second-order valence-electron chi connectivity index (χ2n) is 3.77. The number of esters is 1. The monoisotopic (exact) mass is 272 g/mol. The summed E-state index contributed by atoms with van der Waals surface area (Å²) < 4.78 is 9.47. The van der Waals surface area contributed by atoms with Gasteiger partial charge in [0.05, 0.1) is 18.1 Å².